The standard InChI is InChI=1S/C19H21NO4/c1-2-12-24-17-11-7-6-10-15(17)19(23)20-16(13-18(21)22)14-8-4-3-5-9-14/h3-11,16H,2,12-13H2,1H3,(H,20,23)(H,21,22)/t16-/m1/s1. The van der Waals surface area contributed by atoms with Crippen molar-refractivity contribution >= 4 is 11.9 Å². The first kappa shape index (κ1) is 17.5. The molecule has 0 heterocycles. The average Bonchev–Trinajstić information content (AvgIpc) is 2.60. The van der Waals surface area contributed by atoms with E-state index >= 15 is 0 Å². The number of hydrogen-bond donors (Lipinski definition) is 2. The summed E-state index contributed by atoms with van der Waals surface area (Å²) in [6, 6.07) is 15.4. The highest BCUT2D eigenvalue weighted by Gasteiger charge is 2.20. The summed E-state index contributed by atoms with van der Waals surface area (Å²) in [4.78, 5) is 23.7. The molecule has 0 aliphatic rings. The molecule has 1 atom stereocenters. The summed E-state index contributed by atoms with van der Waals surface area (Å²) < 4.78 is 5.60. The third-order valence-corrected chi connectivity index (χ3v) is 3.48. The molecule has 0 radical (unpaired) electrons. The second kappa shape index (κ2) is 8.72. The van der Waals surface area contributed by atoms with E-state index in [4.69, 9.17) is 9.84 Å². The fourth-order valence-corrected chi connectivity index (χ4v) is 2.34. The topological polar surface area (TPSA) is 75.6 Å². The summed E-state index contributed by atoms with van der Waals surface area (Å²) in [5.41, 5.74) is 1.15. The lowest BCUT2D eigenvalue weighted by Gasteiger charge is -2.18. The van der Waals surface area contributed by atoms with Crippen LogP contribution in [0.3, 0.4) is 0 Å². The monoisotopic (exact) mass is 327 g/mol. The Bertz CT molecular complexity index is 685. The van der Waals surface area contributed by atoms with Crippen LogP contribution in [0.2, 0.25) is 0 Å². The van der Waals surface area contributed by atoms with E-state index in [-0.39, 0.29) is 12.3 Å². The minimum Gasteiger partial charge on any atom is -0.493 e. The molecule has 0 bridgehead atoms. The molecule has 2 rings (SSSR count). The maximum absolute atomic E-state index is 12.6. The molecule has 0 saturated carbocycles. The highest BCUT2D eigenvalue weighted by molar-refractivity contribution is 5.97. The van der Waals surface area contributed by atoms with E-state index < -0.39 is 12.0 Å². The zero-order valence-corrected chi connectivity index (χ0v) is 13.6. The van der Waals surface area contributed by atoms with Gasteiger partial charge >= 0.3 is 5.97 Å². The van der Waals surface area contributed by atoms with Crippen LogP contribution in [0.4, 0.5) is 0 Å². The number of hydrogen-bond acceptors (Lipinski definition) is 3. The van der Waals surface area contributed by atoms with Gasteiger partial charge in [0, 0.05) is 0 Å². The second-order valence-corrected chi connectivity index (χ2v) is 5.38. The summed E-state index contributed by atoms with van der Waals surface area (Å²) in [6.45, 7) is 2.50. The smallest absolute Gasteiger partial charge is 0.305 e. The normalized spacial score (nSPS) is 11.5. The summed E-state index contributed by atoms with van der Waals surface area (Å²) >= 11 is 0. The predicted molar refractivity (Wildman–Crippen MR) is 91.1 cm³/mol. The number of carboxylic acid groups (broad SMARTS) is 1. The molecular weight excluding hydrogens is 306 g/mol. The van der Waals surface area contributed by atoms with Gasteiger partial charge in [0.1, 0.15) is 5.75 Å². The maximum atomic E-state index is 12.6. The molecule has 2 aromatic rings. The lowest BCUT2D eigenvalue weighted by Crippen LogP contribution is -2.30. The zero-order valence-electron chi connectivity index (χ0n) is 13.6. The van der Waals surface area contributed by atoms with Gasteiger partial charge in [-0.1, -0.05) is 49.4 Å². The predicted octanol–water partition coefficient (Wildman–Crippen LogP) is 3.42. The molecule has 0 aromatic heterocycles. The lowest BCUT2D eigenvalue weighted by molar-refractivity contribution is -0.137. The van der Waals surface area contributed by atoms with Crippen molar-refractivity contribution in [2.24, 2.45) is 0 Å². The van der Waals surface area contributed by atoms with Crippen LogP contribution in [0.5, 0.6) is 5.75 Å². The maximum Gasteiger partial charge on any atom is 0.305 e. The number of benzene rings is 2. The van der Waals surface area contributed by atoms with Crippen molar-refractivity contribution < 1.29 is 19.4 Å². The van der Waals surface area contributed by atoms with E-state index in [0.29, 0.717) is 17.9 Å². The number of carbonyl (C=O) groups is 2. The Hall–Kier alpha value is -2.82. The van der Waals surface area contributed by atoms with E-state index in [2.05, 4.69) is 5.32 Å². The van der Waals surface area contributed by atoms with Gasteiger partial charge in [0.2, 0.25) is 0 Å². The molecule has 5 nitrogen and oxygen atoms in total. The van der Waals surface area contributed by atoms with Gasteiger partial charge in [-0.15, -0.1) is 0 Å². The summed E-state index contributed by atoms with van der Waals surface area (Å²) in [5, 5.41) is 11.9. The molecule has 5 heteroatoms. The van der Waals surface area contributed by atoms with Crippen LogP contribution in [0, 0.1) is 0 Å². The molecule has 0 aliphatic carbocycles. The van der Waals surface area contributed by atoms with Gasteiger partial charge in [-0.25, -0.2) is 0 Å². The van der Waals surface area contributed by atoms with Crippen molar-refractivity contribution in [2.45, 2.75) is 25.8 Å². The SMILES string of the molecule is CCCOc1ccccc1C(=O)N[C@H](CC(=O)O)c1ccccc1. The quantitative estimate of drug-likeness (QED) is 0.779. The van der Waals surface area contributed by atoms with Gasteiger partial charge in [-0.05, 0) is 24.1 Å². The first-order valence-electron chi connectivity index (χ1n) is 7.91. The average molecular weight is 327 g/mol. The van der Waals surface area contributed by atoms with E-state index in [0.717, 1.165) is 12.0 Å². The Morgan fingerprint density at radius 2 is 1.75 bits per heavy atom. The zero-order chi connectivity index (χ0) is 17.4. The van der Waals surface area contributed by atoms with Crippen molar-refractivity contribution in [3.63, 3.8) is 0 Å². The molecule has 1 amide bonds. The highest BCUT2D eigenvalue weighted by Crippen LogP contribution is 2.21. The van der Waals surface area contributed by atoms with Crippen LogP contribution < -0.4 is 10.1 Å². The Labute approximate surface area is 141 Å². The summed E-state index contributed by atoms with van der Waals surface area (Å²) in [7, 11) is 0. The van der Waals surface area contributed by atoms with E-state index in [1.165, 1.54) is 0 Å². The summed E-state index contributed by atoms with van der Waals surface area (Å²) in [5.74, 6) is -0.824. The van der Waals surface area contributed by atoms with E-state index in [1.807, 2.05) is 25.1 Å². The second-order valence-electron chi connectivity index (χ2n) is 5.38. The van der Waals surface area contributed by atoms with Crippen LogP contribution in [0.1, 0.15) is 41.7 Å². The third-order valence-electron chi connectivity index (χ3n) is 3.48. The van der Waals surface area contributed by atoms with Crippen molar-refractivity contribution in [3.05, 3.63) is 65.7 Å². The molecular formula is C19H21NO4. The molecule has 0 aliphatic heterocycles. The van der Waals surface area contributed by atoms with Crippen molar-refractivity contribution in [1.82, 2.24) is 5.32 Å². The first-order valence-corrected chi connectivity index (χ1v) is 7.91. The van der Waals surface area contributed by atoms with Crippen molar-refractivity contribution in [1.29, 1.82) is 0 Å². The fraction of sp³-hybridized carbons (Fsp3) is 0.263. The van der Waals surface area contributed by atoms with Gasteiger partial charge in [0.05, 0.1) is 24.6 Å². The van der Waals surface area contributed by atoms with Crippen LogP contribution in [-0.2, 0) is 4.79 Å². The molecule has 0 saturated heterocycles. The minimum atomic E-state index is -0.973. The number of rotatable bonds is 8. The number of para-hydroxylation sites is 1. The number of carbonyl (C=O) groups excluding carboxylic acids is 1. The van der Waals surface area contributed by atoms with E-state index in [9.17, 15) is 9.59 Å². The molecule has 24 heavy (non-hydrogen) atoms. The lowest BCUT2D eigenvalue weighted by atomic mass is 10.0. The number of carboxylic acids is 1. The number of nitrogens with one attached hydrogen (secondary N) is 1. The van der Waals surface area contributed by atoms with Gasteiger partial charge in [0.15, 0.2) is 0 Å². The van der Waals surface area contributed by atoms with Crippen molar-refractivity contribution in [2.75, 3.05) is 6.61 Å². The van der Waals surface area contributed by atoms with Gasteiger partial charge in [0.25, 0.3) is 5.91 Å². The fourth-order valence-electron chi connectivity index (χ4n) is 2.34. The van der Waals surface area contributed by atoms with Crippen LogP contribution in [0.15, 0.2) is 54.6 Å². The van der Waals surface area contributed by atoms with Crippen molar-refractivity contribution in [3.8, 4) is 5.75 Å². The largest absolute Gasteiger partial charge is 0.493 e. The van der Waals surface area contributed by atoms with Gasteiger partial charge < -0.3 is 15.2 Å². The minimum absolute atomic E-state index is 0.187. The molecule has 0 spiro atoms. The third kappa shape index (κ3) is 4.84. The summed E-state index contributed by atoms with van der Waals surface area (Å²) in [6.07, 6.45) is 0.648. The van der Waals surface area contributed by atoms with E-state index in [1.54, 1.807) is 36.4 Å². The Morgan fingerprint density at radius 3 is 2.42 bits per heavy atom. The highest BCUT2D eigenvalue weighted by atomic mass is 16.5. The molecule has 0 unspecified atom stereocenters. The Morgan fingerprint density at radius 1 is 1.08 bits per heavy atom. The Balaban J connectivity index is 2.20. The van der Waals surface area contributed by atoms with Crippen LogP contribution >= 0.6 is 0 Å². The van der Waals surface area contributed by atoms with Gasteiger partial charge in [-0.3, -0.25) is 9.59 Å². The number of aliphatic carboxylic acids is 1. The number of amides is 1. The molecule has 2 aromatic carbocycles. The first-order chi connectivity index (χ1) is 11.6. The van der Waals surface area contributed by atoms with Crippen LogP contribution in [0.25, 0.3) is 0 Å². The Kier molecular flexibility index (Phi) is 6.37. The molecule has 0 fully saturated rings. The number of ether oxygens (including phenoxy) is 1. The van der Waals surface area contributed by atoms with Gasteiger partial charge in [-0.2, -0.15) is 0 Å². The van der Waals surface area contributed by atoms with Crippen LogP contribution in [-0.4, -0.2) is 23.6 Å². The molecule has 126 valence electrons. The molecule has 2 N–H and O–H groups in total.